The first-order valence-corrected chi connectivity index (χ1v) is 8.32. The fourth-order valence-electron chi connectivity index (χ4n) is 2.17. The normalized spacial score (nSPS) is 12.1. The summed E-state index contributed by atoms with van der Waals surface area (Å²) in [7, 11) is 0. The third kappa shape index (κ3) is 5.50. The molecule has 0 fully saturated rings. The van der Waals surface area contributed by atoms with Crippen molar-refractivity contribution in [2.24, 2.45) is 0 Å². The minimum absolute atomic E-state index is 0.0221. The molecule has 25 heavy (non-hydrogen) atoms. The van der Waals surface area contributed by atoms with Crippen LogP contribution < -0.4 is 10.1 Å². The number of carbonyl (C=O) groups excluding carboxylic acids is 1. The maximum atomic E-state index is 12.2. The number of para-hydroxylation sites is 1. The van der Waals surface area contributed by atoms with E-state index in [0.717, 1.165) is 12.0 Å². The van der Waals surface area contributed by atoms with Gasteiger partial charge in [0.25, 0.3) is 5.91 Å². The van der Waals surface area contributed by atoms with E-state index in [4.69, 9.17) is 4.74 Å². The zero-order chi connectivity index (χ0) is 18.1. The predicted molar refractivity (Wildman–Crippen MR) is 98.7 cm³/mol. The Morgan fingerprint density at radius 1 is 1.20 bits per heavy atom. The van der Waals surface area contributed by atoms with Crippen LogP contribution in [0.2, 0.25) is 0 Å². The van der Waals surface area contributed by atoms with Crippen LogP contribution in [-0.2, 0) is 11.4 Å². The molecule has 0 saturated carbocycles. The van der Waals surface area contributed by atoms with Crippen LogP contribution in [0.25, 0.3) is 6.08 Å². The predicted octanol–water partition coefficient (Wildman–Crippen LogP) is 4.09. The maximum Gasteiger partial charge on any atom is 0.262 e. The number of nitrogens with zero attached hydrogens (tertiary/aromatic N) is 1. The molecule has 0 bridgehead atoms. The lowest BCUT2D eigenvalue weighted by Crippen LogP contribution is -2.32. The van der Waals surface area contributed by atoms with E-state index in [0.29, 0.717) is 17.9 Å². The SMILES string of the molecule is CC[C@@H](C)NC(=O)/C(C#N)=C/c1ccccc1OCc1ccccc1. The molecule has 0 heterocycles. The van der Waals surface area contributed by atoms with Crippen molar-refractivity contribution in [3.63, 3.8) is 0 Å². The van der Waals surface area contributed by atoms with Gasteiger partial charge in [0.05, 0.1) is 0 Å². The zero-order valence-corrected chi connectivity index (χ0v) is 14.5. The van der Waals surface area contributed by atoms with E-state index in [2.05, 4.69) is 5.32 Å². The van der Waals surface area contributed by atoms with Crippen LogP contribution in [0.3, 0.4) is 0 Å². The highest BCUT2D eigenvalue weighted by Gasteiger charge is 2.12. The van der Waals surface area contributed by atoms with Gasteiger partial charge in [0, 0.05) is 11.6 Å². The molecule has 0 spiro atoms. The second-order valence-electron chi connectivity index (χ2n) is 5.76. The monoisotopic (exact) mass is 334 g/mol. The van der Waals surface area contributed by atoms with Crippen LogP contribution in [0.4, 0.5) is 0 Å². The van der Waals surface area contributed by atoms with Crippen molar-refractivity contribution < 1.29 is 9.53 Å². The fraction of sp³-hybridized carbons (Fsp3) is 0.238. The number of amides is 1. The summed E-state index contributed by atoms with van der Waals surface area (Å²) in [5.41, 5.74) is 1.82. The molecule has 4 heteroatoms. The summed E-state index contributed by atoms with van der Waals surface area (Å²) in [5.74, 6) is 0.269. The number of benzene rings is 2. The first-order valence-electron chi connectivity index (χ1n) is 8.32. The van der Waals surface area contributed by atoms with Gasteiger partial charge in [-0.1, -0.05) is 55.5 Å². The topological polar surface area (TPSA) is 62.1 Å². The highest BCUT2D eigenvalue weighted by molar-refractivity contribution is 6.02. The number of nitrogens with one attached hydrogen (secondary N) is 1. The van der Waals surface area contributed by atoms with E-state index in [9.17, 15) is 10.1 Å². The molecule has 4 nitrogen and oxygen atoms in total. The second kappa shape index (κ2) is 9.29. The molecule has 0 aromatic heterocycles. The highest BCUT2D eigenvalue weighted by Crippen LogP contribution is 2.22. The molecule has 128 valence electrons. The van der Waals surface area contributed by atoms with Gasteiger partial charge >= 0.3 is 0 Å². The molecular weight excluding hydrogens is 312 g/mol. The summed E-state index contributed by atoms with van der Waals surface area (Å²) in [6.07, 6.45) is 2.37. The molecule has 2 rings (SSSR count). The van der Waals surface area contributed by atoms with E-state index in [1.165, 1.54) is 0 Å². The van der Waals surface area contributed by atoms with Crippen molar-refractivity contribution in [2.45, 2.75) is 32.9 Å². The molecule has 0 aliphatic carbocycles. The molecule has 0 aliphatic heterocycles. The number of rotatable bonds is 7. The van der Waals surface area contributed by atoms with Crippen LogP contribution in [0.5, 0.6) is 5.75 Å². The number of ether oxygens (including phenoxy) is 1. The Morgan fingerprint density at radius 2 is 1.88 bits per heavy atom. The average molecular weight is 334 g/mol. The molecule has 2 aromatic carbocycles. The lowest BCUT2D eigenvalue weighted by atomic mass is 10.1. The highest BCUT2D eigenvalue weighted by atomic mass is 16.5. The smallest absolute Gasteiger partial charge is 0.262 e. The molecule has 0 aliphatic rings. The Morgan fingerprint density at radius 3 is 2.56 bits per heavy atom. The van der Waals surface area contributed by atoms with Crippen molar-refractivity contribution in [1.29, 1.82) is 5.26 Å². The van der Waals surface area contributed by atoms with Gasteiger partial charge in [0.15, 0.2) is 0 Å². The summed E-state index contributed by atoms with van der Waals surface area (Å²) >= 11 is 0. The zero-order valence-electron chi connectivity index (χ0n) is 14.5. The van der Waals surface area contributed by atoms with Gasteiger partial charge in [-0.3, -0.25) is 4.79 Å². The summed E-state index contributed by atoms with van der Waals surface area (Å²) in [6.45, 7) is 4.31. The van der Waals surface area contributed by atoms with Crippen molar-refractivity contribution in [3.8, 4) is 11.8 Å². The van der Waals surface area contributed by atoms with E-state index < -0.39 is 0 Å². The van der Waals surface area contributed by atoms with Crippen LogP contribution in [0.1, 0.15) is 31.4 Å². The number of nitriles is 1. The van der Waals surface area contributed by atoms with Gasteiger partial charge < -0.3 is 10.1 Å². The Hall–Kier alpha value is -3.06. The molecule has 0 saturated heterocycles. The lowest BCUT2D eigenvalue weighted by Gasteiger charge is -2.12. The molecular formula is C21H22N2O2. The van der Waals surface area contributed by atoms with Gasteiger partial charge in [0.1, 0.15) is 24.0 Å². The van der Waals surface area contributed by atoms with E-state index in [-0.39, 0.29) is 17.5 Å². The summed E-state index contributed by atoms with van der Waals surface area (Å²) in [5, 5.41) is 12.1. The molecule has 2 aromatic rings. The Kier molecular flexibility index (Phi) is 6.79. The van der Waals surface area contributed by atoms with Crippen LogP contribution in [-0.4, -0.2) is 11.9 Å². The van der Waals surface area contributed by atoms with Crippen molar-refractivity contribution in [3.05, 3.63) is 71.3 Å². The number of hydrogen-bond donors (Lipinski definition) is 1. The van der Waals surface area contributed by atoms with Crippen LogP contribution in [0.15, 0.2) is 60.2 Å². The first kappa shape index (κ1) is 18.3. The first-order chi connectivity index (χ1) is 12.1. The molecule has 0 radical (unpaired) electrons. The minimum Gasteiger partial charge on any atom is -0.488 e. The van der Waals surface area contributed by atoms with Gasteiger partial charge in [0.2, 0.25) is 0 Å². The Balaban J connectivity index is 2.18. The van der Waals surface area contributed by atoms with Gasteiger partial charge in [-0.15, -0.1) is 0 Å². The Labute approximate surface area is 148 Å². The van der Waals surface area contributed by atoms with Crippen LogP contribution in [0, 0.1) is 11.3 Å². The Bertz CT molecular complexity index is 776. The number of carbonyl (C=O) groups is 1. The third-order valence-corrected chi connectivity index (χ3v) is 3.81. The van der Waals surface area contributed by atoms with Gasteiger partial charge in [-0.05, 0) is 31.1 Å². The number of hydrogen-bond acceptors (Lipinski definition) is 3. The van der Waals surface area contributed by atoms with E-state index in [1.807, 2.05) is 74.5 Å². The van der Waals surface area contributed by atoms with Gasteiger partial charge in [-0.25, -0.2) is 0 Å². The van der Waals surface area contributed by atoms with E-state index >= 15 is 0 Å². The summed E-state index contributed by atoms with van der Waals surface area (Å²) < 4.78 is 5.86. The van der Waals surface area contributed by atoms with Gasteiger partial charge in [-0.2, -0.15) is 5.26 Å². The van der Waals surface area contributed by atoms with Crippen molar-refractivity contribution in [1.82, 2.24) is 5.32 Å². The second-order valence-corrected chi connectivity index (χ2v) is 5.76. The maximum absolute atomic E-state index is 12.2. The average Bonchev–Trinajstić information content (AvgIpc) is 2.65. The molecule has 1 amide bonds. The summed E-state index contributed by atoms with van der Waals surface area (Å²) in [4.78, 5) is 12.2. The standard InChI is InChI=1S/C21H22N2O2/c1-3-16(2)23-21(24)19(14-22)13-18-11-7-8-12-20(18)25-15-17-9-5-4-6-10-17/h4-13,16H,3,15H2,1-2H3,(H,23,24)/b19-13+/t16-/m1/s1. The molecule has 0 unspecified atom stereocenters. The molecule has 1 N–H and O–H groups in total. The van der Waals surface area contributed by atoms with Crippen LogP contribution >= 0.6 is 0 Å². The lowest BCUT2D eigenvalue weighted by molar-refractivity contribution is -0.117. The minimum atomic E-state index is -0.366. The fourth-order valence-corrected chi connectivity index (χ4v) is 2.17. The van der Waals surface area contributed by atoms with E-state index in [1.54, 1.807) is 6.08 Å². The summed E-state index contributed by atoms with van der Waals surface area (Å²) in [6, 6.07) is 19.2. The molecule has 1 atom stereocenters. The quantitative estimate of drug-likeness (QED) is 0.613. The largest absolute Gasteiger partial charge is 0.488 e. The van der Waals surface area contributed by atoms with Crippen molar-refractivity contribution >= 4 is 12.0 Å². The van der Waals surface area contributed by atoms with Crippen molar-refractivity contribution in [2.75, 3.05) is 0 Å². The third-order valence-electron chi connectivity index (χ3n) is 3.81.